The first-order valence-corrected chi connectivity index (χ1v) is 8.27. The number of rotatable bonds is 1. The molecule has 0 N–H and O–H groups in total. The summed E-state index contributed by atoms with van der Waals surface area (Å²) in [5, 5.41) is 18.4. The van der Waals surface area contributed by atoms with Gasteiger partial charge in [0.1, 0.15) is 12.1 Å². The quantitative estimate of drug-likeness (QED) is 0.658. The van der Waals surface area contributed by atoms with Gasteiger partial charge in [0.25, 0.3) is 0 Å². The van der Waals surface area contributed by atoms with Gasteiger partial charge in [-0.2, -0.15) is 10.5 Å². The predicted molar refractivity (Wildman–Crippen MR) is 98.7 cm³/mol. The fourth-order valence-corrected chi connectivity index (χ4v) is 2.61. The minimum atomic E-state index is -0.753. The lowest BCUT2D eigenvalue weighted by Crippen LogP contribution is -2.16. The fraction of sp³-hybridized carbons (Fsp3) is 0.364. The van der Waals surface area contributed by atoms with Gasteiger partial charge in [-0.3, -0.25) is 0 Å². The molecule has 128 valence electrons. The SMILES string of the molecule is CC(C)(C)c1cc(-c2cc(C#N)c(F)c(C#N)c2)cc(C(C)(C)C)c1. The van der Waals surface area contributed by atoms with Gasteiger partial charge in [-0.25, -0.2) is 4.39 Å². The highest BCUT2D eigenvalue weighted by molar-refractivity contribution is 5.70. The van der Waals surface area contributed by atoms with Crippen molar-refractivity contribution in [1.82, 2.24) is 0 Å². The highest BCUT2D eigenvalue weighted by Gasteiger charge is 2.21. The minimum Gasteiger partial charge on any atom is -0.204 e. The number of halogens is 1. The molecule has 0 spiro atoms. The third-order valence-electron chi connectivity index (χ3n) is 4.31. The second-order valence-electron chi connectivity index (χ2n) is 8.41. The minimum absolute atomic E-state index is 0.0494. The molecular formula is C22H23FN2. The third kappa shape index (κ3) is 3.89. The van der Waals surface area contributed by atoms with Crippen LogP contribution in [0.4, 0.5) is 4.39 Å². The average Bonchev–Trinajstić information content (AvgIpc) is 2.53. The van der Waals surface area contributed by atoms with Gasteiger partial charge in [0.2, 0.25) is 0 Å². The Balaban J connectivity index is 2.80. The summed E-state index contributed by atoms with van der Waals surface area (Å²) >= 11 is 0. The molecule has 2 nitrogen and oxygen atoms in total. The summed E-state index contributed by atoms with van der Waals surface area (Å²) in [6.07, 6.45) is 0. The van der Waals surface area contributed by atoms with E-state index in [-0.39, 0.29) is 22.0 Å². The molecule has 0 aliphatic rings. The molecule has 2 aromatic carbocycles. The van der Waals surface area contributed by atoms with Crippen LogP contribution in [-0.4, -0.2) is 0 Å². The molecule has 2 rings (SSSR count). The molecule has 0 unspecified atom stereocenters. The molecule has 2 aromatic rings. The van der Waals surface area contributed by atoms with E-state index in [1.165, 1.54) is 12.1 Å². The van der Waals surface area contributed by atoms with Crippen LogP contribution in [0.2, 0.25) is 0 Å². The lowest BCUT2D eigenvalue weighted by molar-refractivity contribution is 0.569. The number of hydrogen-bond donors (Lipinski definition) is 0. The van der Waals surface area contributed by atoms with Crippen molar-refractivity contribution in [2.45, 2.75) is 52.4 Å². The lowest BCUT2D eigenvalue weighted by atomic mass is 9.79. The van der Waals surface area contributed by atoms with Crippen LogP contribution in [0.25, 0.3) is 11.1 Å². The maximum absolute atomic E-state index is 14.1. The smallest absolute Gasteiger partial charge is 0.158 e. The largest absolute Gasteiger partial charge is 0.204 e. The van der Waals surface area contributed by atoms with Crippen LogP contribution in [0.15, 0.2) is 30.3 Å². The van der Waals surface area contributed by atoms with Crippen molar-refractivity contribution in [1.29, 1.82) is 10.5 Å². The van der Waals surface area contributed by atoms with Gasteiger partial charge in [-0.1, -0.05) is 59.7 Å². The maximum atomic E-state index is 14.1. The van der Waals surface area contributed by atoms with Crippen LogP contribution < -0.4 is 0 Å². The maximum Gasteiger partial charge on any atom is 0.158 e. The summed E-state index contributed by atoms with van der Waals surface area (Å²) in [6, 6.07) is 13.0. The van der Waals surface area contributed by atoms with Crippen LogP contribution in [0, 0.1) is 28.5 Å². The topological polar surface area (TPSA) is 47.6 Å². The van der Waals surface area contributed by atoms with Crippen LogP contribution in [0.3, 0.4) is 0 Å². The van der Waals surface area contributed by atoms with E-state index in [4.69, 9.17) is 0 Å². The number of hydrogen-bond acceptors (Lipinski definition) is 2. The van der Waals surface area contributed by atoms with Crippen LogP contribution >= 0.6 is 0 Å². The number of nitrogens with zero attached hydrogens (tertiary/aromatic N) is 2. The highest BCUT2D eigenvalue weighted by atomic mass is 19.1. The van der Waals surface area contributed by atoms with Crippen LogP contribution in [0.5, 0.6) is 0 Å². The molecule has 0 atom stereocenters. The van der Waals surface area contributed by atoms with Gasteiger partial charge in [-0.15, -0.1) is 0 Å². The van der Waals surface area contributed by atoms with Crippen molar-refractivity contribution in [3.05, 3.63) is 58.4 Å². The molecule has 0 saturated heterocycles. The number of benzene rings is 2. The second kappa shape index (κ2) is 6.34. The standard InChI is InChI=1S/C22H23FN2/c1-21(2,3)18-9-15(10-19(11-18)22(4,5)6)14-7-16(12-24)20(23)17(8-14)13-25/h7-11H,1-6H3. The van der Waals surface area contributed by atoms with E-state index < -0.39 is 5.82 Å². The average molecular weight is 334 g/mol. The summed E-state index contributed by atoms with van der Waals surface area (Å²) in [7, 11) is 0. The van der Waals surface area contributed by atoms with Crippen molar-refractivity contribution >= 4 is 0 Å². The first-order chi connectivity index (χ1) is 11.5. The Morgan fingerprint density at radius 1 is 0.680 bits per heavy atom. The van der Waals surface area contributed by atoms with E-state index in [1.54, 1.807) is 0 Å². The van der Waals surface area contributed by atoms with Gasteiger partial charge < -0.3 is 0 Å². The summed E-state index contributed by atoms with van der Waals surface area (Å²) in [4.78, 5) is 0. The zero-order valence-corrected chi connectivity index (χ0v) is 15.7. The van der Waals surface area contributed by atoms with Crippen molar-refractivity contribution < 1.29 is 4.39 Å². The van der Waals surface area contributed by atoms with Gasteiger partial charge in [-0.05, 0) is 45.2 Å². The van der Waals surface area contributed by atoms with Crippen molar-refractivity contribution in [2.75, 3.05) is 0 Å². The summed E-state index contributed by atoms with van der Waals surface area (Å²) in [6.45, 7) is 12.9. The molecule has 0 saturated carbocycles. The van der Waals surface area contributed by atoms with Gasteiger partial charge in [0, 0.05) is 0 Å². The van der Waals surface area contributed by atoms with E-state index in [9.17, 15) is 14.9 Å². The zero-order valence-electron chi connectivity index (χ0n) is 15.7. The Morgan fingerprint density at radius 3 is 1.36 bits per heavy atom. The van der Waals surface area contributed by atoms with E-state index in [0.717, 1.165) is 16.7 Å². The van der Waals surface area contributed by atoms with Gasteiger partial charge in [0.05, 0.1) is 11.1 Å². The molecular weight excluding hydrogens is 311 g/mol. The van der Waals surface area contributed by atoms with Gasteiger partial charge in [0.15, 0.2) is 5.82 Å². The van der Waals surface area contributed by atoms with Crippen molar-refractivity contribution in [3.8, 4) is 23.3 Å². The fourth-order valence-electron chi connectivity index (χ4n) is 2.61. The summed E-state index contributed by atoms with van der Waals surface area (Å²) < 4.78 is 14.1. The normalized spacial score (nSPS) is 11.7. The zero-order chi connectivity index (χ0) is 19.0. The second-order valence-corrected chi connectivity index (χ2v) is 8.41. The Morgan fingerprint density at radius 2 is 1.04 bits per heavy atom. The van der Waals surface area contributed by atoms with E-state index in [0.29, 0.717) is 5.56 Å². The van der Waals surface area contributed by atoms with E-state index in [2.05, 4.69) is 59.7 Å². The highest BCUT2D eigenvalue weighted by Crippen LogP contribution is 2.34. The molecule has 3 heteroatoms. The summed E-state index contributed by atoms with van der Waals surface area (Å²) in [5.41, 5.74) is 3.60. The van der Waals surface area contributed by atoms with Crippen LogP contribution in [-0.2, 0) is 10.8 Å². The van der Waals surface area contributed by atoms with Gasteiger partial charge >= 0.3 is 0 Å². The monoisotopic (exact) mass is 334 g/mol. The Labute approximate surface area is 149 Å². The lowest BCUT2D eigenvalue weighted by Gasteiger charge is -2.26. The molecule has 0 bridgehead atoms. The molecule has 0 heterocycles. The molecule has 0 aliphatic carbocycles. The third-order valence-corrected chi connectivity index (χ3v) is 4.31. The first kappa shape index (κ1) is 18.7. The molecule has 0 aliphatic heterocycles. The predicted octanol–water partition coefficient (Wildman–Crippen LogP) is 5.83. The number of nitriles is 2. The molecule has 0 amide bonds. The first-order valence-electron chi connectivity index (χ1n) is 8.27. The van der Waals surface area contributed by atoms with E-state index >= 15 is 0 Å². The molecule has 0 aromatic heterocycles. The van der Waals surface area contributed by atoms with Crippen molar-refractivity contribution in [2.24, 2.45) is 0 Å². The van der Waals surface area contributed by atoms with Crippen molar-refractivity contribution in [3.63, 3.8) is 0 Å². The molecule has 0 fully saturated rings. The Bertz CT molecular complexity index is 830. The van der Waals surface area contributed by atoms with E-state index in [1.807, 2.05) is 12.1 Å². The van der Waals surface area contributed by atoms with Crippen LogP contribution in [0.1, 0.15) is 63.8 Å². The molecule has 25 heavy (non-hydrogen) atoms. The summed E-state index contributed by atoms with van der Waals surface area (Å²) in [5.74, 6) is -0.753. The molecule has 0 radical (unpaired) electrons. The Hall–Kier alpha value is -2.65. The Kier molecular flexibility index (Phi) is 4.74.